The Hall–Kier alpha value is -1.75. The van der Waals surface area contributed by atoms with Crippen LogP contribution in [0.5, 0.6) is 0 Å². The first-order chi connectivity index (χ1) is 10.00. The third kappa shape index (κ3) is 2.46. The molecule has 0 aliphatic carbocycles. The van der Waals surface area contributed by atoms with Crippen molar-refractivity contribution in [3.63, 3.8) is 0 Å². The second-order valence-corrected chi connectivity index (χ2v) is 5.91. The molecule has 1 aliphatic rings. The molecule has 5 heteroatoms. The molecule has 2 nitrogen and oxygen atoms in total. The fourth-order valence-corrected chi connectivity index (χ4v) is 2.80. The lowest BCUT2D eigenvalue weighted by Crippen LogP contribution is -2.63. The number of rotatable bonds is 3. The molecule has 3 rings (SSSR count). The normalized spacial score (nSPS) is 20.2. The molecule has 1 amide bonds. The topological polar surface area (TPSA) is 20.3 Å². The quantitative estimate of drug-likeness (QED) is 0.760. The predicted octanol–water partition coefficient (Wildman–Crippen LogP) is 4.17. The van der Waals surface area contributed by atoms with E-state index >= 15 is 0 Å². The van der Waals surface area contributed by atoms with E-state index in [2.05, 4.69) is 15.9 Å². The highest BCUT2D eigenvalue weighted by atomic mass is 79.9. The summed E-state index contributed by atoms with van der Waals surface area (Å²) in [5.74, 6) is -4.44. The number of amides is 1. The second kappa shape index (κ2) is 5.22. The highest BCUT2D eigenvalue weighted by Gasteiger charge is 2.63. The van der Waals surface area contributed by atoms with Gasteiger partial charge in [0.2, 0.25) is 0 Å². The van der Waals surface area contributed by atoms with Gasteiger partial charge in [-0.15, -0.1) is 0 Å². The lowest BCUT2D eigenvalue weighted by Gasteiger charge is -2.46. The van der Waals surface area contributed by atoms with Crippen LogP contribution in [0.2, 0.25) is 0 Å². The molecular weight excluding hydrogens is 340 g/mol. The minimum atomic E-state index is -3.33. The molecule has 0 saturated carbocycles. The van der Waals surface area contributed by atoms with Crippen LogP contribution >= 0.6 is 15.9 Å². The summed E-state index contributed by atoms with van der Waals surface area (Å²) in [5.41, 5.74) is 1.28. The van der Waals surface area contributed by atoms with Crippen molar-refractivity contribution in [1.29, 1.82) is 0 Å². The summed E-state index contributed by atoms with van der Waals surface area (Å²) in [5, 5.41) is 0. The molecule has 108 valence electrons. The van der Waals surface area contributed by atoms with Crippen molar-refractivity contribution >= 4 is 21.8 Å². The number of alkyl halides is 2. The molecule has 1 unspecified atom stereocenters. The van der Waals surface area contributed by atoms with Gasteiger partial charge in [0.05, 0.1) is 0 Å². The molecule has 2 aromatic carbocycles. The minimum Gasteiger partial charge on any atom is -0.319 e. The first-order valence-electron chi connectivity index (χ1n) is 6.48. The van der Waals surface area contributed by atoms with Crippen molar-refractivity contribution in [2.75, 3.05) is 0 Å². The number of carbonyl (C=O) groups excluding carboxylic acids is 1. The zero-order valence-corrected chi connectivity index (χ0v) is 12.6. The van der Waals surface area contributed by atoms with E-state index in [4.69, 9.17) is 0 Å². The van der Waals surface area contributed by atoms with E-state index in [-0.39, 0.29) is 6.54 Å². The van der Waals surface area contributed by atoms with Crippen molar-refractivity contribution in [2.45, 2.75) is 18.5 Å². The molecule has 1 heterocycles. The summed E-state index contributed by atoms with van der Waals surface area (Å²) in [4.78, 5) is 12.9. The number of β-lactam (4-membered cyclic amide) rings is 1. The van der Waals surface area contributed by atoms with E-state index in [1.165, 1.54) is 4.90 Å². The van der Waals surface area contributed by atoms with E-state index in [1.54, 1.807) is 24.3 Å². The predicted molar refractivity (Wildman–Crippen MR) is 78.8 cm³/mol. The Labute approximate surface area is 129 Å². The van der Waals surface area contributed by atoms with Crippen LogP contribution in [0.4, 0.5) is 8.78 Å². The summed E-state index contributed by atoms with van der Waals surface area (Å²) in [6, 6.07) is 14.6. The van der Waals surface area contributed by atoms with E-state index in [9.17, 15) is 13.6 Å². The van der Waals surface area contributed by atoms with Gasteiger partial charge >= 0.3 is 5.92 Å². The van der Waals surface area contributed by atoms with Crippen molar-refractivity contribution in [2.24, 2.45) is 0 Å². The summed E-state index contributed by atoms with van der Waals surface area (Å²) in [7, 11) is 0. The second-order valence-electron chi connectivity index (χ2n) is 5.00. The fourth-order valence-electron chi connectivity index (χ4n) is 2.53. The van der Waals surface area contributed by atoms with Crippen LogP contribution in [0.1, 0.15) is 17.2 Å². The first kappa shape index (κ1) is 14.2. The maximum Gasteiger partial charge on any atom is 0.348 e. The zero-order valence-electron chi connectivity index (χ0n) is 11.0. The van der Waals surface area contributed by atoms with Crippen molar-refractivity contribution < 1.29 is 13.6 Å². The van der Waals surface area contributed by atoms with Gasteiger partial charge in [-0.3, -0.25) is 4.79 Å². The van der Waals surface area contributed by atoms with Gasteiger partial charge in [0, 0.05) is 11.0 Å². The third-order valence-corrected chi connectivity index (χ3v) is 4.11. The Morgan fingerprint density at radius 1 is 1.05 bits per heavy atom. The highest BCUT2D eigenvalue weighted by molar-refractivity contribution is 9.10. The van der Waals surface area contributed by atoms with Gasteiger partial charge in [-0.25, -0.2) is 0 Å². The molecule has 21 heavy (non-hydrogen) atoms. The number of hydrogen-bond acceptors (Lipinski definition) is 1. The van der Waals surface area contributed by atoms with Crippen LogP contribution in [0, 0.1) is 0 Å². The molecule has 0 bridgehead atoms. The SMILES string of the molecule is O=C1N(Cc2ccccc2)C(c2ccc(Br)cc2)C1(F)F. The maximum atomic E-state index is 13.9. The van der Waals surface area contributed by atoms with E-state index in [0.717, 1.165) is 10.0 Å². The average molecular weight is 352 g/mol. The van der Waals surface area contributed by atoms with Gasteiger partial charge < -0.3 is 4.90 Å². The van der Waals surface area contributed by atoms with Crippen molar-refractivity contribution in [1.82, 2.24) is 4.90 Å². The summed E-state index contributed by atoms with van der Waals surface area (Å²) in [6.45, 7) is 0.190. The summed E-state index contributed by atoms with van der Waals surface area (Å²) < 4.78 is 28.7. The van der Waals surface area contributed by atoms with Gasteiger partial charge in [0.15, 0.2) is 0 Å². The van der Waals surface area contributed by atoms with Crippen LogP contribution in [0.3, 0.4) is 0 Å². The van der Waals surface area contributed by atoms with Gasteiger partial charge in [0.1, 0.15) is 6.04 Å². The van der Waals surface area contributed by atoms with Gasteiger partial charge in [0.25, 0.3) is 5.91 Å². The Morgan fingerprint density at radius 3 is 2.29 bits per heavy atom. The number of halogens is 3. The van der Waals surface area contributed by atoms with Crippen LogP contribution < -0.4 is 0 Å². The summed E-state index contributed by atoms with van der Waals surface area (Å²) in [6.07, 6.45) is 0. The average Bonchev–Trinajstić information content (AvgIpc) is 2.49. The number of likely N-dealkylation sites (tertiary alicyclic amines) is 1. The number of carbonyl (C=O) groups is 1. The van der Waals surface area contributed by atoms with Crippen LogP contribution in [0.15, 0.2) is 59.1 Å². The van der Waals surface area contributed by atoms with Crippen molar-refractivity contribution in [3.8, 4) is 0 Å². The Balaban J connectivity index is 1.89. The van der Waals surface area contributed by atoms with Gasteiger partial charge in [-0.05, 0) is 23.3 Å². The van der Waals surface area contributed by atoms with Crippen molar-refractivity contribution in [3.05, 3.63) is 70.2 Å². The number of benzene rings is 2. The first-order valence-corrected chi connectivity index (χ1v) is 7.28. The van der Waals surface area contributed by atoms with Crippen LogP contribution in [-0.2, 0) is 11.3 Å². The minimum absolute atomic E-state index is 0.190. The number of hydrogen-bond donors (Lipinski definition) is 0. The molecule has 1 saturated heterocycles. The fraction of sp³-hybridized carbons (Fsp3) is 0.188. The molecule has 0 aromatic heterocycles. The largest absolute Gasteiger partial charge is 0.348 e. The molecule has 2 aromatic rings. The molecule has 0 radical (unpaired) electrons. The zero-order chi connectivity index (χ0) is 15.0. The van der Waals surface area contributed by atoms with E-state index in [1.807, 2.05) is 30.3 Å². The van der Waals surface area contributed by atoms with Crippen LogP contribution in [-0.4, -0.2) is 16.7 Å². The molecule has 0 N–H and O–H groups in total. The Kier molecular flexibility index (Phi) is 3.53. The molecule has 0 spiro atoms. The smallest absolute Gasteiger partial charge is 0.319 e. The molecule has 1 fully saturated rings. The van der Waals surface area contributed by atoms with Gasteiger partial charge in [-0.1, -0.05) is 58.4 Å². The highest BCUT2D eigenvalue weighted by Crippen LogP contribution is 2.48. The molecule has 1 aliphatic heterocycles. The number of nitrogens with zero attached hydrogens (tertiary/aromatic N) is 1. The Bertz CT molecular complexity index is 658. The molecule has 1 atom stereocenters. The van der Waals surface area contributed by atoms with Gasteiger partial charge in [-0.2, -0.15) is 8.78 Å². The maximum absolute atomic E-state index is 13.9. The lowest BCUT2D eigenvalue weighted by atomic mass is 9.89. The standard InChI is InChI=1S/C16H12BrF2NO/c17-13-8-6-12(7-9-13)14-16(18,19)15(21)20(14)10-11-4-2-1-3-5-11/h1-9,14H,10H2. The molecular formula is C16H12BrF2NO. The monoisotopic (exact) mass is 351 g/mol. The third-order valence-electron chi connectivity index (χ3n) is 3.58. The van der Waals surface area contributed by atoms with E-state index < -0.39 is 17.9 Å². The lowest BCUT2D eigenvalue weighted by molar-refractivity contribution is -0.207. The Morgan fingerprint density at radius 2 is 1.67 bits per heavy atom. The summed E-state index contributed by atoms with van der Waals surface area (Å²) >= 11 is 3.28. The van der Waals surface area contributed by atoms with Crippen LogP contribution in [0.25, 0.3) is 0 Å². The van der Waals surface area contributed by atoms with E-state index in [0.29, 0.717) is 5.56 Å².